The number of nitrogens with zero attached hydrogens (tertiary/aromatic N) is 2. The highest BCUT2D eigenvalue weighted by atomic mass is 16.5. The molecule has 0 spiro atoms. The van der Waals surface area contributed by atoms with E-state index in [9.17, 15) is 0 Å². The number of para-hydroxylation sites is 1. The average Bonchev–Trinajstić information content (AvgIpc) is 3.11. The zero-order valence-electron chi connectivity index (χ0n) is 12.0. The predicted molar refractivity (Wildman–Crippen MR) is 78.9 cm³/mol. The maximum Gasteiger partial charge on any atom is 0.0789 e. The van der Waals surface area contributed by atoms with E-state index in [-0.39, 0.29) is 12.1 Å². The standard InChI is InChI=1S/C16H21N3O/c1-12-8-9-15(20-12)16(17-2)14-10-11-18-19(14)13-6-4-3-5-7-13/h3-7,10-12,15-17H,8-9H2,1-2H3. The summed E-state index contributed by atoms with van der Waals surface area (Å²) in [6, 6.07) is 12.5. The van der Waals surface area contributed by atoms with Crippen molar-refractivity contribution in [1.29, 1.82) is 0 Å². The summed E-state index contributed by atoms with van der Waals surface area (Å²) >= 11 is 0. The number of aromatic nitrogens is 2. The summed E-state index contributed by atoms with van der Waals surface area (Å²) in [4.78, 5) is 0. The minimum Gasteiger partial charge on any atom is -0.373 e. The fourth-order valence-electron chi connectivity index (χ4n) is 2.94. The van der Waals surface area contributed by atoms with E-state index in [0.29, 0.717) is 6.10 Å². The van der Waals surface area contributed by atoms with Crippen LogP contribution in [0.1, 0.15) is 31.5 Å². The molecule has 4 nitrogen and oxygen atoms in total. The number of rotatable bonds is 4. The first kappa shape index (κ1) is 13.3. The van der Waals surface area contributed by atoms with Gasteiger partial charge in [0.25, 0.3) is 0 Å². The summed E-state index contributed by atoms with van der Waals surface area (Å²) in [5.41, 5.74) is 2.23. The topological polar surface area (TPSA) is 39.1 Å². The van der Waals surface area contributed by atoms with Gasteiger partial charge in [0, 0.05) is 6.20 Å². The van der Waals surface area contributed by atoms with Crippen LogP contribution in [0.4, 0.5) is 0 Å². The molecule has 3 rings (SSSR count). The van der Waals surface area contributed by atoms with Crippen LogP contribution in [0, 0.1) is 0 Å². The van der Waals surface area contributed by atoms with Gasteiger partial charge in [-0.2, -0.15) is 5.10 Å². The lowest BCUT2D eigenvalue weighted by Crippen LogP contribution is -2.31. The quantitative estimate of drug-likeness (QED) is 0.929. The zero-order chi connectivity index (χ0) is 13.9. The van der Waals surface area contributed by atoms with E-state index in [2.05, 4.69) is 35.5 Å². The van der Waals surface area contributed by atoms with Crippen molar-refractivity contribution >= 4 is 0 Å². The lowest BCUT2D eigenvalue weighted by molar-refractivity contribution is 0.0319. The van der Waals surface area contributed by atoms with Crippen molar-refractivity contribution in [2.45, 2.75) is 38.0 Å². The molecule has 0 aliphatic carbocycles. The van der Waals surface area contributed by atoms with E-state index in [1.165, 1.54) is 0 Å². The molecule has 3 unspecified atom stereocenters. The molecule has 1 aliphatic rings. The molecule has 1 fully saturated rings. The molecular weight excluding hydrogens is 250 g/mol. The summed E-state index contributed by atoms with van der Waals surface area (Å²) in [5.74, 6) is 0. The van der Waals surface area contributed by atoms with Crippen LogP contribution in [0.25, 0.3) is 5.69 Å². The summed E-state index contributed by atoms with van der Waals surface area (Å²) in [6.07, 6.45) is 4.64. The zero-order valence-corrected chi connectivity index (χ0v) is 12.0. The molecule has 1 saturated heterocycles. The molecule has 20 heavy (non-hydrogen) atoms. The highest BCUT2D eigenvalue weighted by Gasteiger charge is 2.31. The molecule has 2 heterocycles. The van der Waals surface area contributed by atoms with Crippen molar-refractivity contribution in [1.82, 2.24) is 15.1 Å². The van der Waals surface area contributed by atoms with Crippen LogP contribution in [-0.4, -0.2) is 29.0 Å². The molecule has 1 N–H and O–H groups in total. The van der Waals surface area contributed by atoms with Gasteiger partial charge in [-0.3, -0.25) is 0 Å². The molecule has 1 aromatic heterocycles. The highest BCUT2D eigenvalue weighted by Crippen LogP contribution is 2.30. The Labute approximate surface area is 119 Å². The second-order valence-corrected chi connectivity index (χ2v) is 5.33. The number of likely N-dealkylation sites (N-methyl/N-ethyl adjacent to an activating group) is 1. The molecule has 2 aromatic rings. The summed E-state index contributed by atoms with van der Waals surface area (Å²) in [7, 11) is 1.99. The first-order valence-electron chi connectivity index (χ1n) is 7.21. The van der Waals surface area contributed by atoms with Crippen molar-refractivity contribution in [2.24, 2.45) is 0 Å². The smallest absolute Gasteiger partial charge is 0.0789 e. The van der Waals surface area contributed by atoms with Crippen LogP contribution in [0.2, 0.25) is 0 Å². The fourth-order valence-corrected chi connectivity index (χ4v) is 2.94. The molecule has 0 radical (unpaired) electrons. The Morgan fingerprint density at radius 3 is 2.70 bits per heavy atom. The summed E-state index contributed by atoms with van der Waals surface area (Å²) < 4.78 is 8.02. The van der Waals surface area contributed by atoms with Gasteiger partial charge in [0.2, 0.25) is 0 Å². The Kier molecular flexibility index (Phi) is 3.85. The fraction of sp³-hybridized carbons (Fsp3) is 0.438. The van der Waals surface area contributed by atoms with Crippen molar-refractivity contribution in [3.05, 3.63) is 48.3 Å². The number of ether oxygens (including phenoxy) is 1. The highest BCUT2D eigenvalue weighted by molar-refractivity contribution is 5.33. The third-order valence-electron chi connectivity index (χ3n) is 3.94. The van der Waals surface area contributed by atoms with Crippen LogP contribution in [0.5, 0.6) is 0 Å². The number of hydrogen-bond acceptors (Lipinski definition) is 3. The van der Waals surface area contributed by atoms with Gasteiger partial charge in [-0.1, -0.05) is 18.2 Å². The summed E-state index contributed by atoms with van der Waals surface area (Å²) in [6.45, 7) is 2.14. The van der Waals surface area contributed by atoms with E-state index in [1.807, 2.05) is 36.1 Å². The van der Waals surface area contributed by atoms with Gasteiger partial charge >= 0.3 is 0 Å². The van der Waals surface area contributed by atoms with Crippen LogP contribution in [0.15, 0.2) is 42.6 Å². The van der Waals surface area contributed by atoms with Crippen molar-refractivity contribution in [2.75, 3.05) is 7.05 Å². The first-order valence-corrected chi connectivity index (χ1v) is 7.21. The van der Waals surface area contributed by atoms with Gasteiger partial charge < -0.3 is 10.1 Å². The number of hydrogen-bond donors (Lipinski definition) is 1. The molecular formula is C16H21N3O. The lowest BCUT2D eigenvalue weighted by atomic mass is 10.0. The van der Waals surface area contributed by atoms with E-state index >= 15 is 0 Å². The van der Waals surface area contributed by atoms with Gasteiger partial charge in [0.1, 0.15) is 0 Å². The first-order chi connectivity index (χ1) is 9.79. The third-order valence-corrected chi connectivity index (χ3v) is 3.94. The lowest BCUT2D eigenvalue weighted by Gasteiger charge is -2.24. The second kappa shape index (κ2) is 5.77. The van der Waals surface area contributed by atoms with Crippen LogP contribution in [0.3, 0.4) is 0 Å². The van der Waals surface area contributed by atoms with E-state index in [0.717, 1.165) is 24.2 Å². The van der Waals surface area contributed by atoms with Crippen LogP contribution in [-0.2, 0) is 4.74 Å². The largest absolute Gasteiger partial charge is 0.373 e. The average molecular weight is 271 g/mol. The van der Waals surface area contributed by atoms with E-state index in [1.54, 1.807) is 0 Å². The number of benzene rings is 1. The second-order valence-electron chi connectivity index (χ2n) is 5.33. The molecule has 1 aliphatic heterocycles. The predicted octanol–water partition coefficient (Wildman–Crippen LogP) is 2.70. The maximum absolute atomic E-state index is 6.03. The molecule has 0 amide bonds. The van der Waals surface area contributed by atoms with Gasteiger partial charge in [-0.05, 0) is 45.0 Å². The minimum absolute atomic E-state index is 0.169. The van der Waals surface area contributed by atoms with Gasteiger partial charge in [0.15, 0.2) is 0 Å². The Bertz CT molecular complexity index is 552. The minimum atomic E-state index is 0.169. The molecule has 0 saturated carbocycles. The van der Waals surface area contributed by atoms with Crippen LogP contribution >= 0.6 is 0 Å². The maximum atomic E-state index is 6.03. The normalized spacial score (nSPS) is 23.9. The molecule has 106 valence electrons. The van der Waals surface area contributed by atoms with Crippen molar-refractivity contribution < 1.29 is 4.74 Å². The van der Waals surface area contributed by atoms with Gasteiger partial charge in [0.05, 0.1) is 29.6 Å². The van der Waals surface area contributed by atoms with Crippen molar-refractivity contribution in [3.63, 3.8) is 0 Å². The molecule has 1 aromatic carbocycles. The van der Waals surface area contributed by atoms with Crippen molar-refractivity contribution in [3.8, 4) is 5.69 Å². The molecule has 3 atom stereocenters. The number of nitrogens with one attached hydrogen (secondary N) is 1. The Hall–Kier alpha value is -1.65. The van der Waals surface area contributed by atoms with Gasteiger partial charge in [-0.15, -0.1) is 0 Å². The summed E-state index contributed by atoms with van der Waals surface area (Å²) in [5, 5.41) is 7.86. The van der Waals surface area contributed by atoms with E-state index < -0.39 is 0 Å². The Morgan fingerprint density at radius 1 is 1.25 bits per heavy atom. The monoisotopic (exact) mass is 271 g/mol. The third kappa shape index (κ3) is 2.49. The van der Waals surface area contributed by atoms with E-state index in [4.69, 9.17) is 4.74 Å². The Balaban J connectivity index is 1.91. The SMILES string of the molecule is CNC(c1ccnn1-c1ccccc1)C1CCC(C)O1. The van der Waals surface area contributed by atoms with Crippen LogP contribution < -0.4 is 5.32 Å². The Morgan fingerprint density at radius 2 is 2.05 bits per heavy atom. The molecule has 0 bridgehead atoms. The van der Waals surface area contributed by atoms with Gasteiger partial charge in [-0.25, -0.2) is 4.68 Å². The molecule has 4 heteroatoms.